The number of ether oxygens (including phenoxy) is 3. The van der Waals surface area contributed by atoms with E-state index in [0.717, 1.165) is 62.9 Å². The molecule has 0 spiro atoms. The predicted molar refractivity (Wildman–Crippen MR) is 76.9 cm³/mol. The molecule has 20 heavy (non-hydrogen) atoms. The first kappa shape index (κ1) is 13.4. The van der Waals surface area contributed by atoms with Gasteiger partial charge in [0.2, 0.25) is 6.79 Å². The van der Waals surface area contributed by atoms with Crippen LogP contribution in [0.2, 0.25) is 0 Å². The minimum absolute atomic E-state index is 0.315. The van der Waals surface area contributed by atoms with Gasteiger partial charge in [0.05, 0.1) is 13.2 Å². The van der Waals surface area contributed by atoms with Gasteiger partial charge in [-0.15, -0.1) is 0 Å². The Morgan fingerprint density at radius 3 is 2.90 bits per heavy atom. The van der Waals surface area contributed by atoms with Crippen LogP contribution < -0.4 is 9.47 Å². The molecule has 0 atom stereocenters. The van der Waals surface area contributed by atoms with Crippen LogP contribution in [0.3, 0.4) is 0 Å². The van der Waals surface area contributed by atoms with Crippen LogP contribution in [0.1, 0.15) is 12.0 Å². The molecular formula is C15H20N2O3. The maximum absolute atomic E-state index is 5.34. The Morgan fingerprint density at radius 2 is 2.00 bits per heavy atom. The average Bonchev–Trinajstić information content (AvgIpc) is 2.95. The second kappa shape index (κ2) is 6.72. The summed E-state index contributed by atoms with van der Waals surface area (Å²) in [5.41, 5.74) is 1.06. The largest absolute Gasteiger partial charge is 0.454 e. The van der Waals surface area contributed by atoms with E-state index in [-0.39, 0.29) is 0 Å². The van der Waals surface area contributed by atoms with Gasteiger partial charge in [0.15, 0.2) is 11.5 Å². The number of morpholine rings is 1. The maximum Gasteiger partial charge on any atom is 0.231 e. The Bertz CT molecular complexity index is 470. The zero-order valence-electron chi connectivity index (χ0n) is 11.6. The lowest BCUT2D eigenvalue weighted by Gasteiger charge is -2.26. The molecule has 108 valence electrons. The fraction of sp³-hybridized carbons (Fsp3) is 0.533. The standard InChI is InChI=1S/C15H20N2O3/c1(5-17-6-8-18-9-7-17)4-16-11-13-2-3-14-15(10-13)20-12-19-14/h2-3,10-11H,1,4-9,12H2. The lowest BCUT2D eigenvalue weighted by atomic mass is 10.2. The molecule has 2 heterocycles. The van der Waals surface area contributed by atoms with Crippen molar-refractivity contribution in [2.24, 2.45) is 4.99 Å². The first-order chi connectivity index (χ1) is 9.92. The van der Waals surface area contributed by atoms with Crippen LogP contribution in [0.4, 0.5) is 0 Å². The molecule has 0 amide bonds. The maximum atomic E-state index is 5.34. The summed E-state index contributed by atoms with van der Waals surface area (Å²) in [5, 5.41) is 0. The molecule has 1 saturated heterocycles. The fourth-order valence-electron chi connectivity index (χ4n) is 2.37. The van der Waals surface area contributed by atoms with Crippen LogP contribution in [0.25, 0.3) is 0 Å². The Balaban J connectivity index is 1.41. The summed E-state index contributed by atoms with van der Waals surface area (Å²) in [7, 11) is 0. The van der Waals surface area contributed by atoms with E-state index in [4.69, 9.17) is 14.2 Å². The van der Waals surface area contributed by atoms with Gasteiger partial charge in [-0.3, -0.25) is 9.89 Å². The highest BCUT2D eigenvalue weighted by molar-refractivity contribution is 5.81. The molecule has 0 aromatic heterocycles. The minimum Gasteiger partial charge on any atom is -0.454 e. The summed E-state index contributed by atoms with van der Waals surface area (Å²) in [6.07, 6.45) is 2.99. The number of hydrogen-bond donors (Lipinski definition) is 0. The smallest absolute Gasteiger partial charge is 0.231 e. The van der Waals surface area contributed by atoms with Crippen molar-refractivity contribution in [3.63, 3.8) is 0 Å². The Labute approximate surface area is 119 Å². The van der Waals surface area contributed by atoms with E-state index in [1.54, 1.807) is 0 Å². The number of aliphatic imine (C=N–C) groups is 1. The highest BCUT2D eigenvalue weighted by atomic mass is 16.7. The van der Waals surface area contributed by atoms with Crippen molar-refractivity contribution in [1.82, 2.24) is 4.90 Å². The quantitative estimate of drug-likeness (QED) is 0.604. The molecule has 0 saturated carbocycles. The molecule has 0 bridgehead atoms. The zero-order chi connectivity index (χ0) is 13.6. The molecule has 0 N–H and O–H groups in total. The van der Waals surface area contributed by atoms with E-state index >= 15 is 0 Å². The molecule has 3 rings (SSSR count). The minimum atomic E-state index is 0.315. The SMILES string of the molecule is C(=NCCCN1CCOCC1)c1ccc2c(c1)OCO2. The normalized spacial score (nSPS) is 18.8. The van der Waals surface area contributed by atoms with Gasteiger partial charge < -0.3 is 14.2 Å². The fourth-order valence-corrected chi connectivity index (χ4v) is 2.37. The first-order valence-corrected chi connectivity index (χ1v) is 7.11. The summed E-state index contributed by atoms with van der Waals surface area (Å²) in [6.45, 7) is 6.09. The Hall–Kier alpha value is -1.59. The third-order valence-corrected chi connectivity index (χ3v) is 3.50. The van der Waals surface area contributed by atoms with Crippen LogP contribution in [0, 0.1) is 0 Å². The van der Waals surface area contributed by atoms with Crippen molar-refractivity contribution >= 4 is 6.21 Å². The van der Waals surface area contributed by atoms with Crippen molar-refractivity contribution in [3.8, 4) is 11.5 Å². The van der Waals surface area contributed by atoms with Gasteiger partial charge in [-0.25, -0.2) is 0 Å². The van der Waals surface area contributed by atoms with E-state index in [1.165, 1.54) is 0 Å². The van der Waals surface area contributed by atoms with Crippen molar-refractivity contribution in [2.75, 3.05) is 46.2 Å². The summed E-state index contributed by atoms with van der Waals surface area (Å²) in [5.74, 6) is 1.62. The van der Waals surface area contributed by atoms with Crippen molar-refractivity contribution < 1.29 is 14.2 Å². The Kier molecular flexibility index (Phi) is 4.50. The summed E-state index contributed by atoms with van der Waals surface area (Å²) in [6, 6.07) is 5.89. The molecular weight excluding hydrogens is 256 g/mol. The van der Waals surface area contributed by atoms with Crippen LogP contribution >= 0.6 is 0 Å². The van der Waals surface area contributed by atoms with E-state index in [9.17, 15) is 0 Å². The third kappa shape index (κ3) is 3.49. The van der Waals surface area contributed by atoms with Crippen LogP contribution in [0.5, 0.6) is 11.5 Å². The predicted octanol–water partition coefficient (Wildman–Crippen LogP) is 1.56. The van der Waals surface area contributed by atoms with Crippen LogP contribution in [0.15, 0.2) is 23.2 Å². The average molecular weight is 276 g/mol. The molecule has 0 unspecified atom stereocenters. The molecule has 2 aliphatic heterocycles. The highest BCUT2D eigenvalue weighted by Gasteiger charge is 2.12. The van der Waals surface area contributed by atoms with Crippen molar-refractivity contribution in [2.45, 2.75) is 6.42 Å². The van der Waals surface area contributed by atoms with Gasteiger partial charge in [-0.1, -0.05) is 0 Å². The van der Waals surface area contributed by atoms with Gasteiger partial charge in [0.25, 0.3) is 0 Å². The molecule has 2 aliphatic rings. The van der Waals surface area contributed by atoms with Gasteiger partial charge in [0.1, 0.15) is 0 Å². The molecule has 1 fully saturated rings. The van der Waals surface area contributed by atoms with Crippen molar-refractivity contribution in [1.29, 1.82) is 0 Å². The van der Waals surface area contributed by atoms with Crippen LogP contribution in [-0.4, -0.2) is 57.3 Å². The summed E-state index contributed by atoms with van der Waals surface area (Å²) >= 11 is 0. The Morgan fingerprint density at radius 1 is 1.15 bits per heavy atom. The number of nitrogens with zero attached hydrogens (tertiary/aromatic N) is 2. The molecule has 1 aromatic carbocycles. The van der Waals surface area contributed by atoms with E-state index in [0.29, 0.717) is 6.79 Å². The second-order valence-electron chi connectivity index (χ2n) is 4.96. The lowest BCUT2D eigenvalue weighted by molar-refractivity contribution is 0.0377. The summed E-state index contributed by atoms with van der Waals surface area (Å²) < 4.78 is 16.0. The van der Waals surface area contributed by atoms with E-state index in [2.05, 4.69) is 9.89 Å². The number of fused-ring (bicyclic) bond motifs is 1. The topological polar surface area (TPSA) is 43.3 Å². The number of hydrogen-bond acceptors (Lipinski definition) is 5. The molecule has 5 heteroatoms. The van der Waals surface area contributed by atoms with Gasteiger partial charge in [0, 0.05) is 32.4 Å². The van der Waals surface area contributed by atoms with Gasteiger partial charge in [-0.05, 0) is 30.2 Å². The molecule has 0 aliphatic carbocycles. The van der Waals surface area contributed by atoms with E-state index < -0.39 is 0 Å². The van der Waals surface area contributed by atoms with Gasteiger partial charge >= 0.3 is 0 Å². The molecule has 5 nitrogen and oxygen atoms in total. The summed E-state index contributed by atoms with van der Waals surface area (Å²) in [4.78, 5) is 6.90. The van der Waals surface area contributed by atoms with Crippen LogP contribution in [-0.2, 0) is 4.74 Å². The number of rotatable bonds is 5. The first-order valence-electron chi connectivity index (χ1n) is 7.11. The second-order valence-corrected chi connectivity index (χ2v) is 4.96. The molecule has 0 radical (unpaired) electrons. The lowest BCUT2D eigenvalue weighted by Crippen LogP contribution is -2.37. The van der Waals surface area contributed by atoms with Crippen molar-refractivity contribution in [3.05, 3.63) is 23.8 Å². The molecule has 1 aromatic rings. The monoisotopic (exact) mass is 276 g/mol. The number of benzene rings is 1. The zero-order valence-corrected chi connectivity index (χ0v) is 11.6. The van der Waals surface area contributed by atoms with E-state index in [1.807, 2.05) is 24.4 Å². The third-order valence-electron chi connectivity index (χ3n) is 3.50. The highest BCUT2D eigenvalue weighted by Crippen LogP contribution is 2.31. The van der Waals surface area contributed by atoms with Gasteiger partial charge in [-0.2, -0.15) is 0 Å².